The SMILES string of the molecule is Cc1nc2ccc(C(=O)O[C@@H](C)C(=O)Nc3ccccc3F)cc2nc1C. The number of amides is 1. The quantitative estimate of drug-likeness (QED) is 0.713. The Bertz CT molecular complexity index is 1040. The van der Waals surface area contributed by atoms with Crippen LogP contribution in [0.4, 0.5) is 10.1 Å². The van der Waals surface area contributed by atoms with Gasteiger partial charge in [0.05, 0.1) is 33.7 Å². The van der Waals surface area contributed by atoms with Gasteiger partial charge < -0.3 is 10.1 Å². The summed E-state index contributed by atoms with van der Waals surface area (Å²) in [6, 6.07) is 10.6. The Labute approximate surface area is 155 Å². The van der Waals surface area contributed by atoms with E-state index in [1.54, 1.807) is 24.3 Å². The van der Waals surface area contributed by atoms with Gasteiger partial charge in [0.15, 0.2) is 6.10 Å². The second-order valence-electron chi connectivity index (χ2n) is 6.11. The zero-order valence-electron chi connectivity index (χ0n) is 15.1. The summed E-state index contributed by atoms with van der Waals surface area (Å²) in [5, 5.41) is 2.40. The van der Waals surface area contributed by atoms with Gasteiger partial charge in [-0.15, -0.1) is 0 Å². The molecule has 1 atom stereocenters. The van der Waals surface area contributed by atoms with Crippen molar-refractivity contribution in [1.29, 1.82) is 0 Å². The van der Waals surface area contributed by atoms with E-state index in [4.69, 9.17) is 4.74 Å². The molecule has 3 aromatic rings. The molecule has 138 valence electrons. The van der Waals surface area contributed by atoms with E-state index in [2.05, 4.69) is 15.3 Å². The molecule has 0 saturated carbocycles. The maximum atomic E-state index is 13.6. The van der Waals surface area contributed by atoms with Crippen molar-refractivity contribution in [3.63, 3.8) is 0 Å². The zero-order chi connectivity index (χ0) is 19.6. The first-order chi connectivity index (χ1) is 12.8. The third-order valence-electron chi connectivity index (χ3n) is 4.10. The van der Waals surface area contributed by atoms with Crippen molar-refractivity contribution in [3.05, 3.63) is 65.2 Å². The predicted molar refractivity (Wildman–Crippen MR) is 98.9 cm³/mol. The van der Waals surface area contributed by atoms with Crippen LogP contribution in [0.25, 0.3) is 11.0 Å². The third kappa shape index (κ3) is 4.08. The fourth-order valence-corrected chi connectivity index (χ4v) is 2.44. The third-order valence-corrected chi connectivity index (χ3v) is 4.10. The van der Waals surface area contributed by atoms with E-state index in [9.17, 15) is 14.0 Å². The van der Waals surface area contributed by atoms with Crippen molar-refractivity contribution in [2.75, 3.05) is 5.32 Å². The number of carbonyl (C=O) groups is 2. The average molecular weight is 367 g/mol. The Morgan fingerprint density at radius 3 is 2.41 bits per heavy atom. The summed E-state index contributed by atoms with van der Waals surface area (Å²) >= 11 is 0. The van der Waals surface area contributed by atoms with Gasteiger partial charge in [-0.05, 0) is 51.1 Å². The molecule has 1 aromatic heterocycles. The van der Waals surface area contributed by atoms with Gasteiger partial charge in [0.2, 0.25) is 0 Å². The van der Waals surface area contributed by atoms with Crippen molar-refractivity contribution in [2.24, 2.45) is 0 Å². The molecule has 0 fully saturated rings. The lowest BCUT2D eigenvalue weighted by molar-refractivity contribution is -0.123. The van der Waals surface area contributed by atoms with Gasteiger partial charge in [-0.1, -0.05) is 12.1 Å². The summed E-state index contributed by atoms with van der Waals surface area (Å²) in [6.45, 7) is 5.12. The topological polar surface area (TPSA) is 81.2 Å². The molecular weight excluding hydrogens is 349 g/mol. The number of para-hydroxylation sites is 1. The summed E-state index contributed by atoms with van der Waals surface area (Å²) < 4.78 is 18.8. The van der Waals surface area contributed by atoms with Crippen LogP contribution in [0.3, 0.4) is 0 Å². The van der Waals surface area contributed by atoms with Crippen LogP contribution >= 0.6 is 0 Å². The van der Waals surface area contributed by atoms with Gasteiger partial charge in [-0.2, -0.15) is 0 Å². The normalized spacial score (nSPS) is 11.9. The Morgan fingerprint density at radius 1 is 1.04 bits per heavy atom. The summed E-state index contributed by atoms with van der Waals surface area (Å²) in [5.74, 6) is -1.86. The number of benzene rings is 2. The molecule has 6 nitrogen and oxygen atoms in total. The number of anilines is 1. The van der Waals surface area contributed by atoms with Gasteiger partial charge in [0, 0.05) is 0 Å². The van der Waals surface area contributed by atoms with E-state index in [1.165, 1.54) is 25.1 Å². The lowest BCUT2D eigenvalue weighted by Crippen LogP contribution is -2.30. The minimum Gasteiger partial charge on any atom is -0.449 e. The molecule has 0 aliphatic carbocycles. The minimum atomic E-state index is -1.10. The molecule has 0 bridgehead atoms. The van der Waals surface area contributed by atoms with Gasteiger partial charge >= 0.3 is 5.97 Å². The lowest BCUT2D eigenvalue weighted by atomic mass is 10.2. The van der Waals surface area contributed by atoms with Crippen LogP contribution in [0.1, 0.15) is 28.7 Å². The molecule has 7 heteroatoms. The number of nitrogens with zero attached hydrogens (tertiary/aromatic N) is 2. The van der Waals surface area contributed by atoms with Gasteiger partial charge in [0.25, 0.3) is 5.91 Å². The van der Waals surface area contributed by atoms with E-state index in [1.807, 2.05) is 13.8 Å². The highest BCUT2D eigenvalue weighted by Gasteiger charge is 2.20. The number of hydrogen-bond acceptors (Lipinski definition) is 5. The summed E-state index contributed by atoms with van der Waals surface area (Å²) in [4.78, 5) is 33.3. The van der Waals surface area contributed by atoms with Crippen LogP contribution in [-0.4, -0.2) is 27.9 Å². The molecular formula is C20H18FN3O3. The molecule has 2 aromatic carbocycles. The van der Waals surface area contributed by atoms with Crippen LogP contribution in [0.15, 0.2) is 42.5 Å². The Balaban J connectivity index is 1.72. The Hall–Kier alpha value is -3.35. The summed E-state index contributed by atoms with van der Waals surface area (Å²) in [6.07, 6.45) is -1.10. The van der Waals surface area contributed by atoms with Gasteiger partial charge in [-0.3, -0.25) is 4.79 Å². The molecule has 1 heterocycles. The van der Waals surface area contributed by atoms with Gasteiger partial charge in [0.1, 0.15) is 5.82 Å². The number of fused-ring (bicyclic) bond motifs is 1. The van der Waals surface area contributed by atoms with E-state index >= 15 is 0 Å². The van der Waals surface area contributed by atoms with Gasteiger partial charge in [-0.25, -0.2) is 19.2 Å². The predicted octanol–water partition coefficient (Wildman–Crippen LogP) is 3.57. The van der Waals surface area contributed by atoms with E-state index in [0.29, 0.717) is 11.0 Å². The van der Waals surface area contributed by atoms with Crippen LogP contribution in [0.2, 0.25) is 0 Å². The monoisotopic (exact) mass is 367 g/mol. The molecule has 27 heavy (non-hydrogen) atoms. The molecule has 0 radical (unpaired) electrons. The number of nitrogens with one attached hydrogen (secondary N) is 1. The number of aryl methyl sites for hydroxylation is 2. The van der Waals surface area contributed by atoms with Crippen molar-refractivity contribution in [2.45, 2.75) is 26.9 Å². The van der Waals surface area contributed by atoms with E-state index in [-0.39, 0.29) is 11.3 Å². The lowest BCUT2D eigenvalue weighted by Gasteiger charge is -2.14. The van der Waals surface area contributed by atoms with Crippen molar-refractivity contribution >= 4 is 28.6 Å². The first kappa shape index (κ1) is 18.4. The molecule has 0 aliphatic heterocycles. The summed E-state index contributed by atoms with van der Waals surface area (Å²) in [7, 11) is 0. The van der Waals surface area contributed by atoms with Crippen LogP contribution in [-0.2, 0) is 9.53 Å². The van der Waals surface area contributed by atoms with Crippen molar-refractivity contribution < 1.29 is 18.7 Å². The Kier molecular flexibility index (Phi) is 5.12. The second-order valence-corrected chi connectivity index (χ2v) is 6.11. The summed E-state index contributed by atoms with van der Waals surface area (Å²) in [5.41, 5.74) is 3.10. The maximum absolute atomic E-state index is 13.6. The standard InChI is InChI=1S/C20H18FN3O3/c1-11-12(2)23-18-10-14(8-9-17(18)22-11)20(26)27-13(3)19(25)24-16-7-5-4-6-15(16)21/h4-10,13H,1-3H3,(H,24,25)/t13-/m0/s1. The average Bonchev–Trinajstić information content (AvgIpc) is 2.64. The number of hydrogen-bond donors (Lipinski definition) is 1. The van der Waals surface area contributed by atoms with E-state index in [0.717, 1.165) is 11.4 Å². The number of rotatable bonds is 4. The van der Waals surface area contributed by atoms with Crippen molar-refractivity contribution in [3.8, 4) is 0 Å². The first-order valence-corrected chi connectivity index (χ1v) is 8.36. The fourth-order valence-electron chi connectivity index (χ4n) is 2.44. The van der Waals surface area contributed by atoms with E-state index < -0.39 is 23.8 Å². The largest absolute Gasteiger partial charge is 0.449 e. The molecule has 0 aliphatic rings. The fraction of sp³-hybridized carbons (Fsp3) is 0.200. The molecule has 3 rings (SSSR count). The molecule has 0 spiro atoms. The van der Waals surface area contributed by atoms with Crippen LogP contribution in [0.5, 0.6) is 0 Å². The smallest absolute Gasteiger partial charge is 0.338 e. The highest BCUT2D eigenvalue weighted by Crippen LogP contribution is 2.17. The second kappa shape index (κ2) is 7.49. The number of halogens is 1. The molecule has 0 saturated heterocycles. The molecule has 1 amide bonds. The minimum absolute atomic E-state index is 0.0252. The van der Waals surface area contributed by atoms with Crippen LogP contribution < -0.4 is 5.32 Å². The number of esters is 1. The molecule has 1 N–H and O–H groups in total. The zero-order valence-corrected chi connectivity index (χ0v) is 15.1. The Morgan fingerprint density at radius 2 is 1.70 bits per heavy atom. The first-order valence-electron chi connectivity index (χ1n) is 8.36. The molecule has 0 unspecified atom stereocenters. The van der Waals surface area contributed by atoms with Crippen LogP contribution in [0, 0.1) is 19.7 Å². The van der Waals surface area contributed by atoms with Crippen molar-refractivity contribution in [1.82, 2.24) is 9.97 Å². The highest BCUT2D eigenvalue weighted by atomic mass is 19.1. The number of carbonyl (C=O) groups excluding carboxylic acids is 2. The number of ether oxygens (including phenoxy) is 1. The maximum Gasteiger partial charge on any atom is 0.338 e. The number of aromatic nitrogens is 2. The highest BCUT2D eigenvalue weighted by molar-refractivity contribution is 5.98.